The van der Waals surface area contributed by atoms with E-state index in [1.165, 1.54) is 12.1 Å². The van der Waals surface area contributed by atoms with E-state index in [9.17, 15) is 14.9 Å². The molecule has 1 amide bonds. The molecule has 0 fully saturated rings. The zero-order valence-corrected chi connectivity index (χ0v) is 10.7. The summed E-state index contributed by atoms with van der Waals surface area (Å²) in [5.74, 6) is -0.243. The van der Waals surface area contributed by atoms with Crippen LogP contribution >= 0.6 is 0 Å². The highest BCUT2D eigenvalue weighted by Gasteiger charge is 2.17. The van der Waals surface area contributed by atoms with Crippen molar-refractivity contribution in [3.63, 3.8) is 0 Å². The molecule has 0 radical (unpaired) electrons. The Morgan fingerprint density at radius 1 is 1.39 bits per heavy atom. The quantitative estimate of drug-likeness (QED) is 0.479. The molecule has 0 heterocycles. The lowest BCUT2D eigenvalue weighted by Gasteiger charge is -2.07. The first-order valence-corrected chi connectivity index (χ1v) is 6.10. The molecule has 1 N–H and O–H groups in total. The number of unbranched alkanes of at least 4 members (excludes halogenated alkanes) is 2. The van der Waals surface area contributed by atoms with Crippen LogP contribution in [0.15, 0.2) is 18.2 Å². The Kier molecular flexibility index (Phi) is 5.30. The molecular weight excluding hydrogens is 232 g/mol. The van der Waals surface area contributed by atoms with Gasteiger partial charge in [-0.05, 0) is 19.4 Å². The largest absolute Gasteiger partial charge is 0.352 e. The Bertz CT molecular complexity index is 444. The summed E-state index contributed by atoms with van der Waals surface area (Å²) in [7, 11) is 0. The Morgan fingerprint density at radius 3 is 2.72 bits per heavy atom. The fourth-order valence-corrected chi connectivity index (χ4v) is 1.74. The molecule has 5 heteroatoms. The highest BCUT2D eigenvalue weighted by molar-refractivity contribution is 5.96. The van der Waals surface area contributed by atoms with Gasteiger partial charge in [-0.3, -0.25) is 14.9 Å². The van der Waals surface area contributed by atoms with Crippen LogP contribution in [-0.2, 0) is 0 Å². The molecule has 18 heavy (non-hydrogen) atoms. The molecule has 98 valence electrons. The van der Waals surface area contributed by atoms with E-state index in [1.807, 2.05) is 0 Å². The van der Waals surface area contributed by atoms with Crippen LogP contribution in [0.25, 0.3) is 0 Å². The maximum absolute atomic E-state index is 11.9. The highest BCUT2D eigenvalue weighted by Crippen LogP contribution is 2.20. The van der Waals surface area contributed by atoms with Crippen molar-refractivity contribution < 1.29 is 9.72 Å². The van der Waals surface area contributed by atoms with Gasteiger partial charge >= 0.3 is 0 Å². The standard InChI is InChI=1S/C13H18N2O3/c1-3-4-5-9-14-13(16)11-7-6-8-12(10(11)2)15(17)18/h6-8H,3-5,9H2,1-2H3,(H,14,16). The molecule has 5 nitrogen and oxygen atoms in total. The first-order chi connectivity index (χ1) is 8.57. The van der Waals surface area contributed by atoms with Gasteiger partial charge in [-0.1, -0.05) is 25.8 Å². The molecule has 0 unspecified atom stereocenters. The average Bonchev–Trinajstić information content (AvgIpc) is 2.34. The lowest BCUT2D eigenvalue weighted by Crippen LogP contribution is -2.25. The summed E-state index contributed by atoms with van der Waals surface area (Å²) < 4.78 is 0. The number of rotatable bonds is 6. The van der Waals surface area contributed by atoms with Crippen molar-refractivity contribution in [3.8, 4) is 0 Å². The average molecular weight is 250 g/mol. The van der Waals surface area contributed by atoms with E-state index in [-0.39, 0.29) is 11.6 Å². The number of carbonyl (C=O) groups is 1. The Hall–Kier alpha value is -1.91. The van der Waals surface area contributed by atoms with Crippen LogP contribution in [0.2, 0.25) is 0 Å². The van der Waals surface area contributed by atoms with Gasteiger partial charge in [0.1, 0.15) is 0 Å². The van der Waals surface area contributed by atoms with E-state index in [0.29, 0.717) is 17.7 Å². The molecule has 0 saturated carbocycles. The van der Waals surface area contributed by atoms with Gasteiger partial charge in [0.15, 0.2) is 0 Å². The second kappa shape index (κ2) is 6.74. The fraction of sp³-hybridized carbons (Fsp3) is 0.462. The van der Waals surface area contributed by atoms with Crippen molar-refractivity contribution in [2.45, 2.75) is 33.1 Å². The molecule has 0 saturated heterocycles. The summed E-state index contributed by atoms with van der Waals surface area (Å²) in [6, 6.07) is 4.55. The zero-order chi connectivity index (χ0) is 13.5. The Morgan fingerprint density at radius 2 is 2.11 bits per heavy atom. The number of nitro benzene ring substituents is 1. The van der Waals surface area contributed by atoms with Gasteiger partial charge in [-0.25, -0.2) is 0 Å². The lowest BCUT2D eigenvalue weighted by molar-refractivity contribution is -0.385. The number of carbonyl (C=O) groups excluding carboxylic acids is 1. The molecule has 0 aliphatic rings. The highest BCUT2D eigenvalue weighted by atomic mass is 16.6. The third-order valence-corrected chi connectivity index (χ3v) is 2.81. The molecule has 0 aliphatic carbocycles. The smallest absolute Gasteiger partial charge is 0.273 e. The number of nitrogens with one attached hydrogen (secondary N) is 1. The minimum absolute atomic E-state index is 0.0174. The van der Waals surface area contributed by atoms with Crippen molar-refractivity contribution in [1.82, 2.24) is 5.32 Å². The first kappa shape index (κ1) is 14.2. The predicted molar refractivity (Wildman–Crippen MR) is 69.7 cm³/mol. The molecule has 0 atom stereocenters. The molecule has 1 aromatic rings. The Balaban J connectivity index is 2.74. The molecule has 1 rings (SSSR count). The minimum Gasteiger partial charge on any atom is -0.352 e. The maximum atomic E-state index is 11.9. The number of hydrogen-bond donors (Lipinski definition) is 1. The maximum Gasteiger partial charge on any atom is 0.273 e. The van der Waals surface area contributed by atoms with E-state index < -0.39 is 4.92 Å². The number of benzene rings is 1. The molecular formula is C13H18N2O3. The summed E-state index contributed by atoms with van der Waals surface area (Å²) in [5, 5.41) is 13.5. The third kappa shape index (κ3) is 3.55. The fourth-order valence-electron chi connectivity index (χ4n) is 1.74. The van der Waals surface area contributed by atoms with Crippen LogP contribution in [0.1, 0.15) is 42.1 Å². The molecule has 0 aromatic heterocycles. The summed E-state index contributed by atoms with van der Waals surface area (Å²) in [6.45, 7) is 4.29. The minimum atomic E-state index is -0.469. The van der Waals surface area contributed by atoms with E-state index in [1.54, 1.807) is 13.0 Å². The van der Waals surface area contributed by atoms with Crippen LogP contribution in [0, 0.1) is 17.0 Å². The SMILES string of the molecule is CCCCCNC(=O)c1cccc([N+](=O)[O-])c1C. The summed E-state index contributed by atoms with van der Waals surface area (Å²) in [6.07, 6.45) is 3.08. The number of nitro groups is 1. The molecule has 0 spiro atoms. The van der Waals surface area contributed by atoms with Crippen LogP contribution in [0.4, 0.5) is 5.69 Å². The Labute approximate surface area is 106 Å². The van der Waals surface area contributed by atoms with E-state index in [0.717, 1.165) is 19.3 Å². The topological polar surface area (TPSA) is 72.2 Å². The molecule has 1 aromatic carbocycles. The van der Waals surface area contributed by atoms with E-state index >= 15 is 0 Å². The van der Waals surface area contributed by atoms with Crippen LogP contribution in [0.5, 0.6) is 0 Å². The summed E-state index contributed by atoms with van der Waals surface area (Å²) >= 11 is 0. The second-order valence-electron chi connectivity index (χ2n) is 4.17. The van der Waals surface area contributed by atoms with Crippen molar-refractivity contribution in [3.05, 3.63) is 39.4 Å². The third-order valence-electron chi connectivity index (χ3n) is 2.81. The van der Waals surface area contributed by atoms with Gasteiger partial charge in [-0.2, -0.15) is 0 Å². The van der Waals surface area contributed by atoms with Crippen molar-refractivity contribution in [2.24, 2.45) is 0 Å². The van der Waals surface area contributed by atoms with Gasteiger partial charge in [-0.15, -0.1) is 0 Å². The summed E-state index contributed by atoms with van der Waals surface area (Å²) in [4.78, 5) is 22.2. The van der Waals surface area contributed by atoms with E-state index in [4.69, 9.17) is 0 Å². The van der Waals surface area contributed by atoms with Crippen LogP contribution in [-0.4, -0.2) is 17.4 Å². The first-order valence-electron chi connectivity index (χ1n) is 6.10. The van der Waals surface area contributed by atoms with E-state index in [2.05, 4.69) is 12.2 Å². The summed E-state index contributed by atoms with van der Waals surface area (Å²) in [5.41, 5.74) is 0.771. The zero-order valence-electron chi connectivity index (χ0n) is 10.7. The normalized spacial score (nSPS) is 10.1. The van der Waals surface area contributed by atoms with Gasteiger partial charge < -0.3 is 5.32 Å². The number of hydrogen-bond acceptors (Lipinski definition) is 3. The van der Waals surface area contributed by atoms with Gasteiger partial charge in [0.05, 0.1) is 4.92 Å². The van der Waals surface area contributed by atoms with Crippen LogP contribution in [0.3, 0.4) is 0 Å². The second-order valence-corrected chi connectivity index (χ2v) is 4.17. The number of nitrogens with zero attached hydrogens (tertiary/aromatic N) is 1. The predicted octanol–water partition coefficient (Wildman–Crippen LogP) is 2.82. The van der Waals surface area contributed by atoms with Crippen LogP contribution < -0.4 is 5.32 Å². The van der Waals surface area contributed by atoms with Gasteiger partial charge in [0.2, 0.25) is 0 Å². The lowest BCUT2D eigenvalue weighted by atomic mass is 10.1. The van der Waals surface area contributed by atoms with Crippen molar-refractivity contribution in [2.75, 3.05) is 6.54 Å². The number of amides is 1. The molecule has 0 aliphatic heterocycles. The molecule has 0 bridgehead atoms. The van der Waals surface area contributed by atoms with Crippen molar-refractivity contribution in [1.29, 1.82) is 0 Å². The van der Waals surface area contributed by atoms with Crippen molar-refractivity contribution >= 4 is 11.6 Å². The van der Waals surface area contributed by atoms with Gasteiger partial charge in [0.25, 0.3) is 11.6 Å². The van der Waals surface area contributed by atoms with Gasteiger partial charge in [0, 0.05) is 23.7 Å². The monoisotopic (exact) mass is 250 g/mol.